The van der Waals surface area contributed by atoms with Crippen LogP contribution in [0.25, 0.3) is 38.9 Å². The van der Waals surface area contributed by atoms with E-state index in [0.717, 1.165) is 5.56 Å². The number of phenolic OH excluding ortho intramolecular Hbond substituents is 1. The van der Waals surface area contributed by atoms with Gasteiger partial charge in [-0.1, -0.05) is 32.0 Å². The average molecular weight is 617 g/mol. The molecule has 5 heterocycles. The number of hydrogen-bond acceptors (Lipinski definition) is 8. The number of phenols is 1. The number of carbonyl (C=O) groups is 1. The Morgan fingerprint density at radius 3 is 2.73 bits per heavy atom. The van der Waals surface area contributed by atoms with Crippen LogP contribution in [-0.2, 0) is 4.79 Å². The van der Waals surface area contributed by atoms with Gasteiger partial charge in [-0.3, -0.25) is 9.78 Å². The van der Waals surface area contributed by atoms with Crippen molar-refractivity contribution in [1.29, 1.82) is 0 Å². The molecule has 1 amide bonds. The number of hydrogen-bond donors (Lipinski definition) is 1. The first-order valence-corrected chi connectivity index (χ1v) is 14.6. The molecule has 12 heteroatoms. The molecule has 1 saturated heterocycles. The molecule has 0 saturated carbocycles. The quantitative estimate of drug-likeness (QED) is 0.248. The van der Waals surface area contributed by atoms with Crippen LogP contribution in [0.4, 0.5) is 10.2 Å². The van der Waals surface area contributed by atoms with Crippen molar-refractivity contribution < 1.29 is 18.7 Å². The highest BCUT2D eigenvalue weighted by Gasteiger charge is 2.31. The van der Waals surface area contributed by atoms with Crippen LogP contribution in [0.15, 0.2) is 58.6 Å². The van der Waals surface area contributed by atoms with E-state index in [1.807, 2.05) is 32.6 Å². The van der Waals surface area contributed by atoms with Crippen LogP contribution in [0, 0.1) is 12.7 Å². The SMILES string of the molecule is C=CC(=O)N1CCN(c2nc(=O)n(-c3c(C)ccnc3C(C)C)c3nc(-c4c(F)c(O)cc5ccoc45)c(Cl)cc23)[C@@H](C)C1. The second-order valence-electron chi connectivity index (χ2n) is 11.2. The largest absolute Gasteiger partial charge is 0.505 e. The van der Waals surface area contributed by atoms with Crippen molar-refractivity contribution in [3.05, 3.63) is 82.0 Å². The molecule has 0 spiro atoms. The molecule has 10 nitrogen and oxygen atoms in total. The molecular weight excluding hydrogens is 587 g/mol. The number of amides is 1. The number of nitrogens with zero attached hydrogens (tertiary/aromatic N) is 6. The van der Waals surface area contributed by atoms with Crippen molar-refractivity contribution in [1.82, 2.24) is 24.4 Å². The third-order valence-corrected chi connectivity index (χ3v) is 8.30. The number of fused-ring (bicyclic) bond motifs is 2. The van der Waals surface area contributed by atoms with E-state index in [4.69, 9.17) is 21.0 Å². The average Bonchev–Trinajstić information content (AvgIpc) is 3.45. The van der Waals surface area contributed by atoms with Crippen molar-refractivity contribution in [3.63, 3.8) is 0 Å². The zero-order valence-electron chi connectivity index (χ0n) is 24.6. The van der Waals surface area contributed by atoms with E-state index < -0.39 is 17.3 Å². The van der Waals surface area contributed by atoms with Gasteiger partial charge in [0.05, 0.1) is 39.3 Å². The smallest absolute Gasteiger partial charge is 0.355 e. The Kier molecular flexibility index (Phi) is 7.36. The highest BCUT2D eigenvalue weighted by molar-refractivity contribution is 6.34. The molecule has 1 fully saturated rings. The van der Waals surface area contributed by atoms with Gasteiger partial charge in [-0.25, -0.2) is 18.7 Å². The van der Waals surface area contributed by atoms with Crippen LogP contribution in [-0.4, -0.2) is 61.1 Å². The molecular formula is C32H30ClFN6O4. The number of aromatic nitrogens is 4. The zero-order valence-corrected chi connectivity index (χ0v) is 25.4. The number of benzene rings is 1. The lowest BCUT2D eigenvalue weighted by Crippen LogP contribution is -2.54. The molecule has 0 radical (unpaired) electrons. The Hall–Kier alpha value is -4.77. The summed E-state index contributed by atoms with van der Waals surface area (Å²) in [4.78, 5) is 44.0. The molecule has 4 aromatic heterocycles. The lowest BCUT2D eigenvalue weighted by atomic mass is 10.0. The third-order valence-electron chi connectivity index (χ3n) is 8.01. The number of aromatic hydroxyl groups is 1. The molecule has 1 aliphatic rings. The second kappa shape index (κ2) is 11.1. The van der Waals surface area contributed by atoms with Crippen molar-refractivity contribution in [2.45, 2.75) is 39.7 Å². The first-order valence-electron chi connectivity index (χ1n) is 14.2. The Morgan fingerprint density at radius 2 is 2.02 bits per heavy atom. The molecule has 44 heavy (non-hydrogen) atoms. The third kappa shape index (κ3) is 4.68. The molecule has 0 bridgehead atoms. The lowest BCUT2D eigenvalue weighted by molar-refractivity contribution is -0.126. The normalized spacial score (nSPS) is 15.5. The first-order chi connectivity index (χ1) is 21.0. The molecule has 1 aliphatic heterocycles. The van der Waals surface area contributed by atoms with Crippen molar-refractivity contribution in [2.75, 3.05) is 24.5 Å². The van der Waals surface area contributed by atoms with Gasteiger partial charge in [0.1, 0.15) is 11.4 Å². The molecule has 0 aliphatic carbocycles. The Balaban J connectivity index is 1.68. The maximum absolute atomic E-state index is 15.6. The highest BCUT2D eigenvalue weighted by atomic mass is 35.5. The van der Waals surface area contributed by atoms with Gasteiger partial charge >= 0.3 is 5.69 Å². The summed E-state index contributed by atoms with van der Waals surface area (Å²) < 4.78 is 22.6. The van der Waals surface area contributed by atoms with Crippen LogP contribution in [0.3, 0.4) is 0 Å². The van der Waals surface area contributed by atoms with Crippen LogP contribution in [0.2, 0.25) is 5.02 Å². The van der Waals surface area contributed by atoms with Crippen molar-refractivity contribution in [3.8, 4) is 22.7 Å². The lowest BCUT2D eigenvalue weighted by Gasteiger charge is -2.40. The minimum Gasteiger partial charge on any atom is -0.505 e. The first kappa shape index (κ1) is 29.3. The molecule has 1 atom stereocenters. The highest BCUT2D eigenvalue weighted by Crippen LogP contribution is 2.41. The number of aryl methyl sites for hydroxylation is 1. The number of halogens is 2. The van der Waals surface area contributed by atoms with E-state index in [2.05, 4.69) is 16.5 Å². The van der Waals surface area contributed by atoms with Gasteiger partial charge in [0, 0.05) is 37.3 Å². The monoisotopic (exact) mass is 616 g/mol. The fraction of sp³-hybridized carbons (Fsp3) is 0.281. The standard InChI is InChI=1S/C32H30ClFN6O4/c1-6-23(42)38-10-11-39(18(5)15-38)30-20-14-21(33)27(24-25(34)22(41)13-19-8-12-44-29(19)24)36-31(20)40(32(43)37-30)28-17(4)7-9-35-26(28)16(2)3/h6-9,12-14,16,18,41H,1,10-11,15H2,2-5H3/t18-/m0/s1. The summed E-state index contributed by atoms with van der Waals surface area (Å²) in [6.07, 6.45) is 4.34. The predicted octanol–water partition coefficient (Wildman–Crippen LogP) is 5.74. The molecule has 0 unspecified atom stereocenters. The minimum absolute atomic E-state index is 0.0140. The summed E-state index contributed by atoms with van der Waals surface area (Å²) in [6, 6.07) is 6.04. The van der Waals surface area contributed by atoms with E-state index in [1.54, 1.807) is 29.3 Å². The number of rotatable bonds is 5. The number of carbonyl (C=O) groups excluding carboxylic acids is 1. The fourth-order valence-corrected chi connectivity index (χ4v) is 6.12. The molecule has 226 valence electrons. The fourth-order valence-electron chi connectivity index (χ4n) is 5.87. The van der Waals surface area contributed by atoms with E-state index >= 15 is 4.39 Å². The van der Waals surface area contributed by atoms with Gasteiger partial charge in [0.15, 0.2) is 17.2 Å². The van der Waals surface area contributed by atoms with E-state index in [9.17, 15) is 14.7 Å². The molecule has 1 aromatic carbocycles. The van der Waals surface area contributed by atoms with Crippen molar-refractivity contribution in [2.24, 2.45) is 0 Å². The minimum atomic E-state index is -0.957. The topological polar surface area (TPSA) is 118 Å². The van der Waals surface area contributed by atoms with Gasteiger partial charge < -0.3 is 19.3 Å². The molecule has 5 aromatic rings. The van der Waals surface area contributed by atoms with Crippen LogP contribution >= 0.6 is 11.6 Å². The zero-order chi connectivity index (χ0) is 31.4. The van der Waals surface area contributed by atoms with E-state index in [0.29, 0.717) is 47.6 Å². The van der Waals surface area contributed by atoms with Gasteiger partial charge in [-0.15, -0.1) is 0 Å². The van der Waals surface area contributed by atoms with Gasteiger partial charge in [-0.05, 0) is 55.7 Å². The summed E-state index contributed by atoms with van der Waals surface area (Å²) >= 11 is 6.85. The Bertz CT molecular complexity index is 2040. The molecule has 6 rings (SSSR count). The maximum Gasteiger partial charge on any atom is 0.355 e. The summed E-state index contributed by atoms with van der Waals surface area (Å²) in [5, 5.41) is 11.4. The summed E-state index contributed by atoms with van der Waals surface area (Å²) in [6.45, 7) is 12.5. The Labute approximate surface area is 257 Å². The van der Waals surface area contributed by atoms with E-state index in [-0.39, 0.29) is 45.4 Å². The van der Waals surface area contributed by atoms with Gasteiger partial charge in [0.2, 0.25) is 5.91 Å². The summed E-state index contributed by atoms with van der Waals surface area (Å²) in [7, 11) is 0. The van der Waals surface area contributed by atoms with Crippen LogP contribution in [0.5, 0.6) is 5.75 Å². The number of pyridine rings is 2. The summed E-state index contributed by atoms with van der Waals surface area (Å²) in [5.74, 6) is -1.44. The number of piperazine rings is 1. The van der Waals surface area contributed by atoms with Gasteiger partial charge in [-0.2, -0.15) is 4.98 Å². The maximum atomic E-state index is 15.6. The number of anilines is 1. The van der Waals surface area contributed by atoms with Crippen molar-refractivity contribution >= 4 is 45.3 Å². The summed E-state index contributed by atoms with van der Waals surface area (Å²) in [5.41, 5.74) is 1.51. The van der Waals surface area contributed by atoms with Crippen LogP contribution in [0.1, 0.15) is 37.9 Å². The Morgan fingerprint density at radius 1 is 1.25 bits per heavy atom. The molecule has 1 N–H and O–H groups in total. The van der Waals surface area contributed by atoms with E-state index in [1.165, 1.54) is 23.0 Å². The van der Waals surface area contributed by atoms with Crippen LogP contribution < -0.4 is 10.6 Å². The predicted molar refractivity (Wildman–Crippen MR) is 167 cm³/mol. The number of furan rings is 1. The second-order valence-corrected chi connectivity index (χ2v) is 11.6. The van der Waals surface area contributed by atoms with Gasteiger partial charge in [0.25, 0.3) is 0 Å².